The normalized spacial score (nSPS) is 46.0. The van der Waals surface area contributed by atoms with E-state index in [1.165, 1.54) is 6.08 Å². The predicted octanol–water partition coefficient (Wildman–Crippen LogP) is -0.180. The number of aliphatic hydroxyl groups is 3. The second-order valence-electron chi connectivity index (χ2n) is 6.69. The van der Waals surface area contributed by atoms with Gasteiger partial charge in [-0.25, -0.2) is 9.18 Å². The fraction of sp³-hybridized carbons (Fsp3) is 0.812. The minimum atomic E-state index is -1.92. The van der Waals surface area contributed by atoms with Crippen molar-refractivity contribution in [3.05, 3.63) is 11.6 Å². The van der Waals surface area contributed by atoms with Crippen molar-refractivity contribution in [3.63, 3.8) is 0 Å². The lowest BCUT2D eigenvalue weighted by molar-refractivity contribution is -0.301. The first-order valence-corrected chi connectivity index (χ1v) is 8.21. The Bertz CT molecular complexity index is 509. The Morgan fingerprint density at radius 1 is 1.33 bits per heavy atom. The van der Waals surface area contributed by atoms with Gasteiger partial charge in [-0.05, 0) is 19.8 Å². The SMILES string of the molecule is CC1=CC(=O)OC2CC(O[C@H]3O[C@H](CO)[C@H](O)[C@H](O)[C@H]3F)CCC12. The highest BCUT2D eigenvalue weighted by Crippen LogP contribution is 2.37. The van der Waals surface area contributed by atoms with Gasteiger partial charge in [0.15, 0.2) is 12.5 Å². The highest BCUT2D eigenvalue weighted by molar-refractivity contribution is 5.84. The summed E-state index contributed by atoms with van der Waals surface area (Å²) in [6, 6.07) is 0. The Labute approximate surface area is 139 Å². The molecule has 3 unspecified atom stereocenters. The number of halogens is 1. The molecule has 1 saturated heterocycles. The zero-order valence-electron chi connectivity index (χ0n) is 13.4. The summed E-state index contributed by atoms with van der Waals surface area (Å²) in [5.74, 6) is -0.237. The molecule has 8 atom stereocenters. The van der Waals surface area contributed by atoms with Crippen molar-refractivity contribution in [1.29, 1.82) is 0 Å². The Morgan fingerprint density at radius 2 is 2.08 bits per heavy atom. The number of fused-ring (bicyclic) bond motifs is 1. The van der Waals surface area contributed by atoms with Gasteiger partial charge in [0.2, 0.25) is 0 Å². The van der Waals surface area contributed by atoms with Crippen LogP contribution in [0.4, 0.5) is 4.39 Å². The van der Waals surface area contributed by atoms with Gasteiger partial charge in [0.1, 0.15) is 24.4 Å². The quantitative estimate of drug-likeness (QED) is 0.609. The van der Waals surface area contributed by atoms with E-state index in [2.05, 4.69) is 0 Å². The summed E-state index contributed by atoms with van der Waals surface area (Å²) in [7, 11) is 0. The number of ether oxygens (including phenoxy) is 3. The molecule has 1 saturated carbocycles. The third-order valence-electron chi connectivity index (χ3n) is 5.07. The van der Waals surface area contributed by atoms with Crippen LogP contribution >= 0.6 is 0 Å². The van der Waals surface area contributed by atoms with Crippen molar-refractivity contribution in [2.45, 2.75) is 69.2 Å². The number of alkyl halides is 1. The van der Waals surface area contributed by atoms with E-state index in [0.29, 0.717) is 12.8 Å². The van der Waals surface area contributed by atoms with Gasteiger partial charge in [0.05, 0.1) is 12.7 Å². The average molecular weight is 346 g/mol. The summed E-state index contributed by atoms with van der Waals surface area (Å²) in [6.45, 7) is 1.34. The largest absolute Gasteiger partial charge is 0.458 e. The molecule has 2 aliphatic heterocycles. The fourth-order valence-corrected chi connectivity index (χ4v) is 3.69. The molecule has 0 radical (unpaired) electrons. The second-order valence-corrected chi connectivity index (χ2v) is 6.69. The van der Waals surface area contributed by atoms with E-state index < -0.39 is 43.5 Å². The zero-order chi connectivity index (χ0) is 17.4. The van der Waals surface area contributed by atoms with Gasteiger partial charge in [0, 0.05) is 18.4 Å². The summed E-state index contributed by atoms with van der Waals surface area (Å²) in [5, 5.41) is 28.5. The maximum absolute atomic E-state index is 14.2. The first kappa shape index (κ1) is 17.8. The summed E-state index contributed by atoms with van der Waals surface area (Å²) < 4.78 is 30.4. The Morgan fingerprint density at radius 3 is 2.79 bits per heavy atom. The van der Waals surface area contributed by atoms with Crippen LogP contribution in [0.1, 0.15) is 26.2 Å². The Kier molecular flexibility index (Phi) is 5.22. The first-order valence-electron chi connectivity index (χ1n) is 8.21. The van der Waals surface area contributed by atoms with Crippen molar-refractivity contribution in [2.24, 2.45) is 5.92 Å². The van der Waals surface area contributed by atoms with Crippen LogP contribution in [-0.2, 0) is 19.0 Å². The molecule has 0 aromatic carbocycles. The monoisotopic (exact) mass is 346 g/mol. The van der Waals surface area contributed by atoms with Gasteiger partial charge in [-0.15, -0.1) is 0 Å². The number of rotatable bonds is 3. The van der Waals surface area contributed by atoms with Crippen molar-refractivity contribution in [1.82, 2.24) is 0 Å². The fourth-order valence-electron chi connectivity index (χ4n) is 3.69. The lowest BCUT2D eigenvalue weighted by Crippen LogP contribution is -2.58. The number of carbonyl (C=O) groups is 1. The predicted molar refractivity (Wildman–Crippen MR) is 78.5 cm³/mol. The second kappa shape index (κ2) is 7.05. The Hall–Kier alpha value is -1.06. The van der Waals surface area contributed by atoms with Crippen LogP contribution in [0.25, 0.3) is 0 Å². The van der Waals surface area contributed by atoms with Crippen molar-refractivity contribution < 1.29 is 38.7 Å². The molecule has 8 heteroatoms. The molecule has 0 aromatic rings. The maximum Gasteiger partial charge on any atom is 0.330 e. The van der Waals surface area contributed by atoms with Gasteiger partial charge < -0.3 is 29.5 Å². The van der Waals surface area contributed by atoms with Crippen LogP contribution in [-0.4, -0.2) is 70.9 Å². The summed E-state index contributed by atoms with van der Waals surface area (Å²) in [6.07, 6.45) is -5.02. The number of hydrogen-bond acceptors (Lipinski definition) is 7. The number of aliphatic hydroxyl groups excluding tert-OH is 3. The van der Waals surface area contributed by atoms with E-state index in [-0.39, 0.29) is 18.0 Å². The molecule has 2 heterocycles. The van der Waals surface area contributed by atoms with Gasteiger partial charge in [-0.2, -0.15) is 0 Å². The standard InChI is InChI=1S/C16H23FO7/c1-7-4-12(19)23-10-5-8(2-3-9(7)10)22-16-13(17)15(21)14(20)11(6-18)24-16/h4,8-11,13-16,18,20-21H,2-3,5-6H2,1H3/t8?,9?,10?,11-,13-,14+,15-,16+/m1/s1. The minimum Gasteiger partial charge on any atom is -0.458 e. The Balaban J connectivity index is 1.62. The smallest absolute Gasteiger partial charge is 0.330 e. The van der Waals surface area contributed by atoms with E-state index in [1.807, 2.05) is 6.92 Å². The van der Waals surface area contributed by atoms with Crippen LogP contribution in [0.3, 0.4) is 0 Å². The van der Waals surface area contributed by atoms with E-state index in [9.17, 15) is 19.4 Å². The van der Waals surface area contributed by atoms with Gasteiger partial charge >= 0.3 is 5.97 Å². The molecule has 3 aliphatic rings. The molecular weight excluding hydrogens is 323 g/mol. The van der Waals surface area contributed by atoms with Crippen LogP contribution < -0.4 is 0 Å². The van der Waals surface area contributed by atoms with Crippen LogP contribution in [0, 0.1) is 5.92 Å². The van der Waals surface area contributed by atoms with Gasteiger partial charge in [-0.3, -0.25) is 0 Å². The number of carbonyl (C=O) groups excluding carboxylic acids is 1. The van der Waals surface area contributed by atoms with Gasteiger partial charge in [-0.1, -0.05) is 5.57 Å². The molecule has 7 nitrogen and oxygen atoms in total. The molecule has 0 amide bonds. The van der Waals surface area contributed by atoms with Crippen LogP contribution in [0.5, 0.6) is 0 Å². The topological polar surface area (TPSA) is 105 Å². The highest BCUT2D eigenvalue weighted by atomic mass is 19.1. The molecule has 3 N–H and O–H groups in total. The van der Waals surface area contributed by atoms with E-state index >= 15 is 0 Å². The molecule has 0 aromatic heterocycles. The molecule has 136 valence electrons. The molecule has 1 aliphatic carbocycles. The first-order chi connectivity index (χ1) is 11.4. The van der Waals surface area contributed by atoms with E-state index in [1.54, 1.807) is 0 Å². The third-order valence-corrected chi connectivity index (χ3v) is 5.07. The van der Waals surface area contributed by atoms with Crippen molar-refractivity contribution >= 4 is 5.97 Å². The molecule has 0 bridgehead atoms. The minimum absolute atomic E-state index is 0.147. The average Bonchev–Trinajstić information content (AvgIpc) is 2.55. The molecule has 0 spiro atoms. The van der Waals surface area contributed by atoms with Gasteiger partial charge in [0.25, 0.3) is 0 Å². The lowest BCUT2D eigenvalue weighted by atomic mass is 9.79. The summed E-state index contributed by atoms with van der Waals surface area (Å²) in [4.78, 5) is 11.5. The number of hydrogen-bond donors (Lipinski definition) is 3. The molecule has 2 fully saturated rings. The summed E-state index contributed by atoms with van der Waals surface area (Å²) in [5.41, 5.74) is 0.978. The number of esters is 1. The lowest BCUT2D eigenvalue weighted by Gasteiger charge is -2.42. The molecular formula is C16H23FO7. The maximum atomic E-state index is 14.2. The third kappa shape index (κ3) is 3.34. The van der Waals surface area contributed by atoms with Crippen LogP contribution in [0.15, 0.2) is 11.6 Å². The van der Waals surface area contributed by atoms with Crippen LogP contribution in [0.2, 0.25) is 0 Å². The highest BCUT2D eigenvalue weighted by Gasteiger charge is 2.47. The summed E-state index contributed by atoms with van der Waals surface area (Å²) >= 11 is 0. The van der Waals surface area contributed by atoms with Crippen molar-refractivity contribution in [2.75, 3.05) is 6.61 Å². The molecule has 3 rings (SSSR count). The van der Waals surface area contributed by atoms with E-state index in [4.69, 9.17) is 19.3 Å². The zero-order valence-corrected chi connectivity index (χ0v) is 13.4. The molecule has 24 heavy (non-hydrogen) atoms. The van der Waals surface area contributed by atoms with Crippen molar-refractivity contribution in [3.8, 4) is 0 Å². The van der Waals surface area contributed by atoms with E-state index in [0.717, 1.165) is 12.0 Å².